The monoisotopic (exact) mass is 288 g/mol. The topological polar surface area (TPSA) is 74.6 Å². The number of hydrogen-bond donors (Lipinski definition) is 2. The maximum Gasteiger partial charge on any atom is 0.336 e. The van der Waals surface area contributed by atoms with Crippen LogP contribution in [0.2, 0.25) is 0 Å². The lowest BCUT2D eigenvalue weighted by atomic mass is 9.98. The molecule has 0 radical (unpaired) electrons. The molecule has 20 heavy (non-hydrogen) atoms. The molecule has 0 fully saturated rings. The fourth-order valence-corrected chi connectivity index (χ4v) is 2.90. The molecule has 5 heteroatoms. The molecule has 0 amide bonds. The van der Waals surface area contributed by atoms with Crippen molar-refractivity contribution in [3.63, 3.8) is 0 Å². The second kappa shape index (κ2) is 5.79. The van der Waals surface area contributed by atoms with Crippen molar-refractivity contribution in [1.29, 1.82) is 0 Å². The molecule has 102 valence electrons. The summed E-state index contributed by atoms with van der Waals surface area (Å²) in [6.45, 7) is 0. The molecular weight excluding hydrogens is 276 g/mol. The molecule has 0 spiro atoms. The smallest absolute Gasteiger partial charge is 0.336 e. The third kappa shape index (κ3) is 2.53. The van der Waals surface area contributed by atoms with Crippen molar-refractivity contribution >= 4 is 23.7 Å². The Morgan fingerprint density at radius 1 is 0.800 bits per heavy atom. The first-order chi connectivity index (χ1) is 9.57. The lowest BCUT2D eigenvalue weighted by molar-refractivity contribution is -0.152. The van der Waals surface area contributed by atoms with Gasteiger partial charge < -0.3 is 10.2 Å². The molecule has 0 heterocycles. The molecule has 2 aromatic rings. The average Bonchev–Trinajstić information content (AvgIpc) is 2.46. The van der Waals surface area contributed by atoms with Crippen molar-refractivity contribution < 1.29 is 19.8 Å². The maximum absolute atomic E-state index is 11.7. The number of aliphatic carboxylic acids is 2. The summed E-state index contributed by atoms with van der Waals surface area (Å²) in [5.41, 5.74) is 0.230. The van der Waals surface area contributed by atoms with Crippen LogP contribution in [0.4, 0.5) is 0 Å². The van der Waals surface area contributed by atoms with Crippen molar-refractivity contribution in [3.8, 4) is 0 Å². The first kappa shape index (κ1) is 14.1. The van der Waals surface area contributed by atoms with Gasteiger partial charge >= 0.3 is 11.9 Å². The van der Waals surface area contributed by atoms with Crippen molar-refractivity contribution in [2.45, 2.75) is 9.64 Å². The minimum Gasteiger partial charge on any atom is -0.480 e. The Morgan fingerprint density at radius 2 is 1.25 bits per heavy atom. The Bertz CT molecular complexity index is 596. The number of carboxylic acids is 2. The number of benzene rings is 2. The fraction of sp³-hybridized carbons (Fsp3) is 0.0667. The van der Waals surface area contributed by atoms with Crippen LogP contribution in [-0.2, 0) is 14.3 Å². The first-order valence-electron chi connectivity index (χ1n) is 5.84. The Hall–Kier alpha value is -2.27. The molecule has 0 saturated heterocycles. The maximum atomic E-state index is 11.7. The zero-order valence-electron chi connectivity index (χ0n) is 10.4. The summed E-state index contributed by atoms with van der Waals surface area (Å²) in [6.07, 6.45) is 0. The SMILES string of the molecule is O=C(O)C(Sc1ccccc1)(C(=O)O)c1ccccc1. The Balaban J connectivity index is 2.55. The summed E-state index contributed by atoms with van der Waals surface area (Å²) < 4.78 is -2.05. The number of carbonyl (C=O) groups is 2. The summed E-state index contributed by atoms with van der Waals surface area (Å²) in [4.78, 5) is 23.9. The quantitative estimate of drug-likeness (QED) is 0.653. The molecule has 0 aromatic heterocycles. The summed E-state index contributed by atoms with van der Waals surface area (Å²) >= 11 is 0.806. The van der Waals surface area contributed by atoms with Crippen LogP contribution in [0.5, 0.6) is 0 Å². The van der Waals surface area contributed by atoms with Crippen LogP contribution in [0, 0.1) is 0 Å². The number of rotatable bonds is 5. The van der Waals surface area contributed by atoms with Crippen molar-refractivity contribution in [2.75, 3.05) is 0 Å². The van der Waals surface area contributed by atoms with Crippen LogP contribution >= 0.6 is 11.8 Å². The van der Waals surface area contributed by atoms with Crippen LogP contribution in [-0.4, -0.2) is 22.2 Å². The minimum absolute atomic E-state index is 0.230. The molecule has 0 bridgehead atoms. The fourth-order valence-electron chi connectivity index (χ4n) is 1.82. The Morgan fingerprint density at radius 3 is 1.70 bits per heavy atom. The van der Waals surface area contributed by atoms with E-state index in [1.54, 1.807) is 48.5 Å². The molecule has 2 rings (SSSR count). The molecule has 0 aliphatic heterocycles. The third-order valence-electron chi connectivity index (χ3n) is 2.80. The van der Waals surface area contributed by atoms with E-state index in [0.29, 0.717) is 4.90 Å². The van der Waals surface area contributed by atoms with Crippen molar-refractivity contribution in [1.82, 2.24) is 0 Å². The highest BCUT2D eigenvalue weighted by molar-refractivity contribution is 8.01. The van der Waals surface area contributed by atoms with E-state index in [1.807, 2.05) is 0 Å². The molecule has 2 aromatic carbocycles. The van der Waals surface area contributed by atoms with E-state index in [9.17, 15) is 19.8 Å². The molecule has 2 N–H and O–H groups in total. The van der Waals surface area contributed by atoms with Gasteiger partial charge in [-0.3, -0.25) is 0 Å². The number of thioether (sulfide) groups is 1. The molecule has 0 aliphatic carbocycles. The molecule has 0 aliphatic rings. The van der Waals surface area contributed by atoms with E-state index in [4.69, 9.17) is 0 Å². The second-order valence-electron chi connectivity index (χ2n) is 4.07. The van der Waals surface area contributed by atoms with Gasteiger partial charge in [-0.05, 0) is 17.7 Å². The van der Waals surface area contributed by atoms with Crippen molar-refractivity contribution in [2.24, 2.45) is 0 Å². The zero-order valence-corrected chi connectivity index (χ0v) is 11.2. The Kier molecular flexibility index (Phi) is 4.10. The first-order valence-corrected chi connectivity index (χ1v) is 6.65. The molecule has 0 atom stereocenters. The van der Waals surface area contributed by atoms with Gasteiger partial charge in [-0.1, -0.05) is 60.3 Å². The molecule has 0 saturated carbocycles. The van der Waals surface area contributed by atoms with Crippen LogP contribution in [0.15, 0.2) is 65.6 Å². The average molecular weight is 288 g/mol. The predicted octanol–water partition coefficient (Wildman–Crippen LogP) is 2.84. The predicted molar refractivity (Wildman–Crippen MR) is 75.7 cm³/mol. The van der Waals surface area contributed by atoms with E-state index in [0.717, 1.165) is 11.8 Å². The summed E-state index contributed by atoms with van der Waals surface area (Å²) in [7, 11) is 0. The van der Waals surface area contributed by atoms with Crippen molar-refractivity contribution in [3.05, 3.63) is 66.2 Å². The van der Waals surface area contributed by atoms with Gasteiger partial charge in [-0.2, -0.15) is 0 Å². The molecular formula is C15H12O4S. The summed E-state index contributed by atoms with van der Waals surface area (Å²) in [5.74, 6) is -2.80. The summed E-state index contributed by atoms with van der Waals surface area (Å²) in [6, 6.07) is 16.6. The van der Waals surface area contributed by atoms with Gasteiger partial charge in [0, 0.05) is 4.90 Å². The second-order valence-corrected chi connectivity index (χ2v) is 5.36. The van der Waals surface area contributed by atoms with Crippen LogP contribution < -0.4 is 0 Å². The largest absolute Gasteiger partial charge is 0.480 e. The van der Waals surface area contributed by atoms with E-state index in [2.05, 4.69) is 0 Å². The molecule has 0 unspecified atom stereocenters. The number of hydrogen-bond acceptors (Lipinski definition) is 3. The Labute approximate surface area is 120 Å². The highest BCUT2D eigenvalue weighted by Crippen LogP contribution is 2.42. The van der Waals surface area contributed by atoms with E-state index >= 15 is 0 Å². The van der Waals surface area contributed by atoms with Crippen LogP contribution in [0.3, 0.4) is 0 Å². The molecule has 4 nitrogen and oxygen atoms in total. The van der Waals surface area contributed by atoms with E-state index in [-0.39, 0.29) is 5.56 Å². The highest BCUT2D eigenvalue weighted by Gasteiger charge is 2.49. The lowest BCUT2D eigenvalue weighted by Crippen LogP contribution is -2.40. The van der Waals surface area contributed by atoms with Gasteiger partial charge in [0.25, 0.3) is 0 Å². The van der Waals surface area contributed by atoms with Crippen LogP contribution in [0.25, 0.3) is 0 Å². The third-order valence-corrected chi connectivity index (χ3v) is 4.20. The van der Waals surface area contributed by atoms with E-state index in [1.165, 1.54) is 12.1 Å². The van der Waals surface area contributed by atoms with Gasteiger partial charge in [-0.25, -0.2) is 9.59 Å². The lowest BCUT2D eigenvalue weighted by Gasteiger charge is -2.24. The van der Waals surface area contributed by atoms with E-state index < -0.39 is 16.7 Å². The minimum atomic E-state index is -2.05. The van der Waals surface area contributed by atoms with Gasteiger partial charge in [-0.15, -0.1) is 0 Å². The normalized spacial score (nSPS) is 11.0. The standard InChI is InChI=1S/C15H12O4S/c16-13(17)15(14(18)19,11-7-3-1-4-8-11)20-12-9-5-2-6-10-12/h1-10H,(H,16,17)(H,18,19). The van der Waals surface area contributed by atoms with Crippen LogP contribution in [0.1, 0.15) is 5.56 Å². The number of carboxylic acid groups (broad SMARTS) is 2. The van der Waals surface area contributed by atoms with Gasteiger partial charge in [0.1, 0.15) is 0 Å². The zero-order chi connectivity index (χ0) is 14.6. The van der Waals surface area contributed by atoms with Gasteiger partial charge in [0.15, 0.2) is 0 Å². The summed E-state index contributed by atoms with van der Waals surface area (Å²) in [5, 5.41) is 19.0. The van der Waals surface area contributed by atoms with Gasteiger partial charge in [0.2, 0.25) is 4.75 Å². The highest BCUT2D eigenvalue weighted by atomic mass is 32.2. The van der Waals surface area contributed by atoms with Gasteiger partial charge in [0.05, 0.1) is 0 Å².